The number of aliphatic hydroxyl groups excluding tert-OH is 1. The Balaban J connectivity index is 2.27. The van der Waals surface area contributed by atoms with Crippen LogP contribution in [0.1, 0.15) is 18.9 Å². The zero-order valence-electron chi connectivity index (χ0n) is 9.75. The van der Waals surface area contributed by atoms with Crippen molar-refractivity contribution in [1.29, 1.82) is 0 Å². The van der Waals surface area contributed by atoms with Crippen LogP contribution in [0.25, 0.3) is 0 Å². The number of benzene rings is 1. The van der Waals surface area contributed by atoms with Crippen LogP contribution in [0.2, 0.25) is 5.02 Å². The predicted octanol–water partition coefficient (Wildman–Crippen LogP) is 2.81. The average Bonchev–Trinajstić information content (AvgIpc) is 2.67. The Morgan fingerprint density at radius 1 is 1.59 bits per heavy atom. The number of halogens is 2. The third-order valence-electron chi connectivity index (χ3n) is 3.72. The second-order valence-electron chi connectivity index (χ2n) is 4.67. The largest absolute Gasteiger partial charge is 0.396 e. The Bertz CT molecular complexity index is 410. The molecular formula is C13H16ClFO2. The quantitative estimate of drug-likeness (QED) is 0.903. The lowest BCUT2D eigenvalue weighted by atomic mass is 9.77. The van der Waals surface area contributed by atoms with E-state index in [1.54, 1.807) is 12.1 Å². The number of hydrogen-bond acceptors (Lipinski definition) is 2. The molecule has 0 aliphatic carbocycles. The van der Waals surface area contributed by atoms with Crippen LogP contribution in [-0.2, 0) is 11.2 Å². The molecular weight excluding hydrogens is 243 g/mol. The SMILES string of the molecule is CC1OCCC1(CO)Cc1cccc(F)c1Cl. The molecule has 1 heterocycles. The Morgan fingerprint density at radius 3 is 2.94 bits per heavy atom. The number of hydrogen-bond donors (Lipinski definition) is 1. The van der Waals surface area contributed by atoms with E-state index in [1.165, 1.54) is 6.07 Å². The fourth-order valence-electron chi connectivity index (χ4n) is 2.38. The molecule has 1 aromatic carbocycles. The van der Waals surface area contributed by atoms with Crippen LogP contribution in [0.3, 0.4) is 0 Å². The summed E-state index contributed by atoms with van der Waals surface area (Å²) < 4.78 is 18.9. The topological polar surface area (TPSA) is 29.5 Å². The molecule has 0 amide bonds. The number of rotatable bonds is 3. The monoisotopic (exact) mass is 258 g/mol. The highest BCUT2D eigenvalue weighted by Gasteiger charge is 2.41. The lowest BCUT2D eigenvalue weighted by Gasteiger charge is -2.30. The summed E-state index contributed by atoms with van der Waals surface area (Å²) in [5.41, 5.74) is 0.398. The Labute approximate surface area is 105 Å². The first-order chi connectivity index (χ1) is 8.09. The molecule has 4 heteroatoms. The van der Waals surface area contributed by atoms with Gasteiger partial charge in [0.05, 0.1) is 17.7 Å². The van der Waals surface area contributed by atoms with Crippen molar-refractivity contribution in [2.75, 3.05) is 13.2 Å². The van der Waals surface area contributed by atoms with E-state index in [1.807, 2.05) is 6.92 Å². The van der Waals surface area contributed by atoms with E-state index < -0.39 is 5.82 Å². The van der Waals surface area contributed by atoms with Gasteiger partial charge in [-0.15, -0.1) is 0 Å². The molecule has 1 aromatic rings. The van der Waals surface area contributed by atoms with Gasteiger partial charge in [0.15, 0.2) is 0 Å². The van der Waals surface area contributed by atoms with Crippen LogP contribution in [0.5, 0.6) is 0 Å². The molecule has 1 fully saturated rings. The molecule has 1 aliphatic heterocycles. The molecule has 2 rings (SSSR count). The van der Waals surface area contributed by atoms with E-state index in [0.29, 0.717) is 13.0 Å². The van der Waals surface area contributed by atoms with Crippen LogP contribution >= 0.6 is 11.6 Å². The molecule has 94 valence electrons. The lowest BCUT2D eigenvalue weighted by molar-refractivity contribution is 0.0272. The fourth-order valence-corrected chi connectivity index (χ4v) is 2.57. The molecule has 2 atom stereocenters. The number of ether oxygens (including phenoxy) is 1. The van der Waals surface area contributed by atoms with Crippen molar-refractivity contribution in [3.8, 4) is 0 Å². The van der Waals surface area contributed by atoms with Gasteiger partial charge in [0.1, 0.15) is 5.82 Å². The van der Waals surface area contributed by atoms with Gasteiger partial charge in [-0.3, -0.25) is 0 Å². The lowest BCUT2D eigenvalue weighted by Crippen LogP contribution is -2.35. The molecule has 0 saturated carbocycles. The van der Waals surface area contributed by atoms with Crippen LogP contribution < -0.4 is 0 Å². The molecule has 2 unspecified atom stereocenters. The van der Waals surface area contributed by atoms with Gasteiger partial charge in [-0.25, -0.2) is 4.39 Å². The first-order valence-electron chi connectivity index (χ1n) is 5.74. The zero-order chi connectivity index (χ0) is 12.5. The summed E-state index contributed by atoms with van der Waals surface area (Å²) in [5.74, 6) is -0.413. The molecule has 0 spiro atoms. The standard InChI is InChI=1S/C13H16ClFO2/c1-9-13(8-16,5-6-17-9)7-10-3-2-4-11(15)12(10)14/h2-4,9,16H,5-8H2,1H3. The molecule has 0 bridgehead atoms. The van der Waals surface area contributed by atoms with Crippen LogP contribution in [0.4, 0.5) is 4.39 Å². The summed E-state index contributed by atoms with van der Waals surface area (Å²) >= 11 is 5.94. The summed E-state index contributed by atoms with van der Waals surface area (Å²) in [4.78, 5) is 0. The minimum absolute atomic E-state index is 0.0288. The van der Waals surface area contributed by atoms with Crippen LogP contribution in [0.15, 0.2) is 18.2 Å². The summed E-state index contributed by atoms with van der Waals surface area (Å²) in [5, 5.41) is 9.74. The maximum atomic E-state index is 13.4. The van der Waals surface area contributed by atoms with Gasteiger partial charge in [0, 0.05) is 12.0 Å². The van der Waals surface area contributed by atoms with E-state index in [0.717, 1.165) is 12.0 Å². The normalized spacial score (nSPS) is 28.6. The molecule has 1 N–H and O–H groups in total. The molecule has 2 nitrogen and oxygen atoms in total. The smallest absolute Gasteiger partial charge is 0.142 e. The Kier molecular flexibility index (Phi) is 3.71. The highest BCUT2D eigenvalue weighted by Crippen LogP contribution is 2.39. The van der Waals surface area contributed by atoms with E-state index in [9.17, 15) is 9.50 Å². The molecule has 0 radical (unpaired) electrons. The van der Waals surface area contributed by atoms with E-state index in [2.05, 4.69) is 0 Å². The Hall–Kier alpha value is -0.640. The van der Waals surface area contributed by atoms with Gasteiger partial charge in [-0.2, -0.15) is 0 Å². The minimum atomic E-state index is -0.413. The van der Waals surface area contributed by atoms with Crippen LogP contribution in [0, 0.1) is 11.2 Å². The molecule has 1 saturated heterocycles. The third kappa shape index (κ3) is 2.32. The fraction of sp³-hybridized carbons (Fsp3) is 0.538. The Morgan fingerprint density at radius 2 is 2.35 bits per heavy atom. The van der Waals surface area contributed by atoms with E-state index in [4.69, 9.17) is 16.3 Å². The average molecular weight is 259 g/mol. The van der Waals surface area contributed by atoms with Crippen molar-refractivity contribution in [3.63, 3.8) is 0 Å². The third-order valence-corrected chi connectivity index (χ3v) is 4.14. The van der Waals surface area contributed by atoms with Crippen molar-refractivity contribution in [2.45, 2.75) is 25.9 Å². The summed E-state index contributed by atoms with van der Waals surface area (Å²) in [6.45, 7) is 2.60. The highest BCUT2D eigenvalue weighted by molar-refractivity contribution is 6.31. The summed E-state index contributed by atoms with van der Waals surface area (Å²) in [6, 6.07) is 4.78. The van der Waals surface area contributed by atoms with Crippen molar-refractivity contribution in [3.05, 3.63) is 34.6 Å². The van der Waals surface area contributed by atoms with E-state index in [-0.39, 0.29) is 23.1 Å². The van der Waals surface area contributed by atoms with Gasteiger partial charge in [-0.05, 0) is 31.4 Å². The summed E-state index contributed by atoms with van der Waals surface area (Å²) in [6.07, 6.45) is 1.28. The molecule has 17 heavy (non-hydrogen) atoms. The van der Waals surface area contributed by atoms with Crippen molar-refractivity contribution < 1.29 is 14.2 Å². The van der Waals surface area contributed by atoms with Crippen LogP contribution in [-0.4, -0.2) is 24.4 Å². The van der Waals surface area contributed by atoms with E-state index >= 15 is 0 Å². The molecule has 1 aliphatic rings. The van der Waals surface area contributed by atoms with Crippen molar-refractivity contribution >= 4 is 11.6 Å². The molecule has 0 aromatic heterocycles. The predicted molar refractivity (Wildman–Crippen MR) is 64.7 cm³/mol. The van der Waals surface area contributed by atoms with Gasteiger partial charge in [-0.1, -0.05) is 23.7 Å². The van der Waals surface area contributed by atoms with Crippen molar-refractivity contribution in [1.82, 2.24) is 0 Å². The van der Waals surface area contributed by atoms with Gasteiger partial charge in [0.2, 0.25) is 0 Å². The second kappa shape index (κ2) is 4.92. The van der Waals surface area contributed by atoms with Gasteiger partial charge in [0.25, 0.3) is 0 Å². The zero-order valence-corrected chi connectivity index (χ0v) is 10.5. The van der Waals surface area contributed by atoms with Crippen molar-refractivity contribution in [2.24, 2.45) is 5.41 Å². The first kappa shape index (κ1) is 12.8. The minimum Gasteiger partial charge on any atom is -0.396 e. The first-order valence-corrected chi connectivity index (χ1v) is 6.12. The number of aliphatic hydroxyl groups is 1. The maximum absolute atomic E-state index is 13.4. The van der Waals surface area contributed by atoms with Gasteiger partial charge < -0.3 is 9.84 Å². The van der Waals surface area contributed by atoms with Gasteiger partial charge >= 0.3 is 0 Å². The maximum Gasteiger partial charge on any atom is 0.142 e. The highest BCUT2D eigenvalue weighted by atomic mass is 35.5. The second-order valence-corrected chi connectivity index (χ2v) is 5.05. The summed E-state index contributed by atoms with van der Waals surface area (Å²) in [7, 11) is 0.